The number of hydrogen-bond donors (Lipinski definition) is 2. The van der Waals surface area contributed by atoms with E-state index in [2.05, 4.69) is 12.2 Å². The number of rotatable bonds is 6. The average molecular weight is 187 g/mol. The van der Waals surface area contributed by atoms with Crippen molar-refractivity contribution < 1.29 is 9.84 Å². The van der Waals surface area contributed by atoms with Gasteiger partial charge in [0.15, 0.2) is 0 Å². The van der Waals surface area contributed by atoms with E-state index in [0.29, 0.717) is 12.1 Å². The van der Waals surface area contributed by atoms with Gasteiger partial charge in [0.1, 0.15) is 0 Å². The lowest BCUT2D eigenvalue weighted by atomic mass is 9.88. The molecule has 0 unspecified atom stereocenters. The van der Waals surface area contributed by atoms with Gasteiger partial charge in [0.2, 0.25) is 0 Å². The molecule has 78 valence electrons. The molecule has 0 aromatic carbocycles. The van der Waals surface area contributed by atoms with Gasteiger partial charge in [0.25, 0.3) is 0 Å². The molecule has 0 spiro atoms. The molecule has 3 nitrogen and oxygen atoms in total. The third-order valence-corrected chi connectivity index (χ3v) is 2.68. The summed E-state index contributed by atoms with van der Waals surface area (Å²) in [6, 6.07) is 0.834. The molecule has 1 rings (SSSR count). The molecule has 0 aromatic heterocycles. The largest absolute Gasteiger partial charge is 0.395 e. The molecule has 0 radical (unpaired) electrons. The third kappa shape index (κ3) is 3.25. The first-order chi connectivity index (χ1) is 6.30. The van der Waals surface area contributed by atoms with Gasteiger partial charge < -0.3 is 15.2 Å². The first kappa shape index (κ1) is 11.0. The van der Waals surface area contributed by atoms with E-state index in [1.165, 1.54) is 0 Å². The lowest BCUT2D eigenvalue weighted by molar-refractivity contribution is -0.0141. The van der Waals surface area contributed by atoms with Crippen LogP contribution in [0.2, 0.25) is 0 Å². The van der Waals surface area contributed by atoms with Crippen molar-refractivity contribution in [3.05, 3.63) is 0 Å². The number of nitrogens with one attached hydrogen (secondary N) is 1. The molecule has 0 amide bonds. The zero-order chi connectivity index (χ0) is 9.68. The highest BCUT2D eigenvalue weighted by Crippen LogP contribution is 2.23. The Morgan fingerprint density at radius 3 is 2.62 bits per heavy atom. The van der Waals surface area contributed by atoms with E-state index < -0.39 is 0 Å². The topological polar surface area (TPSA) is 41.5 Å². The van der Waals surface area contributed by atoms with Gasteiger partial charge >= 0.3 is 0 Å². The summed E-state index contributed by atoms with van der Waals surface area (Å²) in [5.74, 6) is 0. The van der Waals surface area contributed by atoms with Gasteiger partial charge in [-0.3, -0.25) is 0 Å². The third-order valence-electron chi connectivity index (χ3n) is 2.68. The number of hydrogen-bond acceptors (Lipinski definition) is 3. The molecule has 2 N–H and O–H groups in total. The molecule has 13 heavy (non-hydrogen) atoms. The molecule has 0 aliphatic heterocycles. The SMILES string of the molecule is CCOC1CC(N[C@@H](CC)CO)C1. The second kappa shape index (κ2) is 5.58. The van der Waals surface area contributed by atoms with E-state index in [9.17, 15) is 0 Å². The Bertz CT molecular complexity index is 131. The van der Waals surface area contributed by atoms with Crippen LogP contribution >= 0.6 is 0 Å². The van der Waals surface area contributed by atoms with Gasteiger partial charge in [-0.15, -0.1) is 0 Å². The summed E-state index contributed by atoms with van der Waals surface area (Å²) in [4.78, 5) is 0. The number of aliphatic hydroxyl groups is 1. The van der Waals surface area contributed by atoms with E-state index in [4.69, 9.17) is 9.84 Å². The summed E-state index contributed by atoms with van der Waals surface area (Å²) >= 11 is 0. The van der Waals surface area contributed by atoms with Crippen molar-refractivity contribution in [2.75, 3.05) is 13.2 Å². The monoisotopic (exact) mass is 187 g/mol. The number of ether oxygens (including phenoxy) is 1. The summed E-state index contributed by atoms with van der Waals surface area (Å²) in [5, 5.41) is 12.4. The van der Waals surface area contributed by atoms with Crippen molar-refractivity contribution in [3.63, 3.8) is 0 Å². The summed E-state index contributed by atoms with van der Waals surface area (Å²) < 4.78 is 5.45. The molecule has 1 atom stereocenters. The lowest BCUT2D eigenvalue weighted by Gasteiger charge is -2.37. The normalized spacial score (nSPS) is 29.8. The maximum Gasteiger partial charge on any atom is 0.0604 e. The Labute approximate surface area is 80.5 Å². The second-order valence-corrected chi connectivity index (χ2v) is 3.70. The Hall–Kier alpha value is -0.120. The standard InChI is InChI=1S/C10H21NO2/c1-3-8(7-12)11-9-5-10(6-9)13-4-2/h8-12H,3-7H2,1-2H3/t8-,9?,10?/m0/s1. The Kier molecular flexibility index (Phi) is 4.70. The van der Waals surface area contributed by atoms with Gasteiger partial charge in [-0.1, -0.05) is 6.92 Å². The van der Waals surface area contributed by atoms with Crippen molar-refractivity contribution in [1.82, 2.24) is 5.32 Å². The minimum absolute atomic E-state index is 0.242. The van der Waals surface area contributed by atoms with Gasteiger partial charge in [-0.2, -0.15) is 0 Å². The molecule has 0 saturated heterocycles. The molecular formula is C10H21NO2. The molecule has 3 heteroatoms. The van der Waals surface area contributed by atoms with Crippen LogP contribution in [-0.4, -0.2) is 36.5 Å². The predicted molar refractivity (Wildman–Crippen MR) is 52.7 cm³/mol. The summed E-state index contributed by atoms with van der Waals surface area (Å²) in [6.45, 7) is 5.18. The van der Waals surface area contributed by atoms with Crippen LogP contribution < -0.4 is 5.32 Å². The Morgan fingerprint density at radius 1 is 1.46 bits per heavy atom. The Balaban J connectivity index is 2.06. The van der Waals surface area contributed by atoms with Crippen LogP contribution in [0.4, 0.5) is 0 Å². The van der Waals surface area contributed by atoms with Crippen LogP contribution in [0.5, 0.6) is 0 Å². The molecule has 0 aromatic rings. The van der Waals surface area contributed by atoms with E-state index in [1.54, 1.807) is 0 Å². The Morgan fingerprint density at radius 2 is 2.15 bits per heavy atom. The molecule has 1 aliphatic rings. The van der Waals surface area contributed by atoms with Crippen LogP contribution in [0, 0.1) is 0 Å². The minimum Gasteiger partial charge on any atom is -0.395 e. The van der Waals surface area contributed by atoms with E-state index >= 15 is 0 Å². The fourth-order valence-electron chi connectivity index (χ4n) is 1.71. The van der Waals surface area contributed by atoms with Crippen LogP contribution in [0.25, 0.3) is 0 Å². The van der Waals surface area contributed by atoms with E-state index in [0.717, 1.165) is 25.9 Å². The van der Waals surface area contributed by atoms with Gasteiger partial charge in [-0.05, 0) is 26.2 Å². The highest BCUT2D eigenvalue weighted by molar-refractivity contribution is 4.87. The highest BCUT2D eigenvalue weighted by atomic mass is 16.5. The summed E-state index contributed by atoms with van der Waals surface area (Å²) in [6.07, 6.45) is 3.65. The maximum absolute atomic E-state index is 8.97. The molecule has 0 bridgehead atoms. The van der Waals surface area contributed by atoms with Crippen LogP contribution in [-0.2, 0) is 4.74 Å². The smallest absolute Gasteiger partial charge is 0.0604 e. The van der Waals surface area contributed by atoms with Crippen LogP contribution in [0.3, 0.4) is 0 Å². The second-order valence-electron chi connectivity index (χ2n) is 3.70. The predicted octanol–water partition coefficient (Wildman–Crippen LogP) is 0.914. The van der Waals surface area contributed by atoms with Crippen LogP contribution in [0.1, 0.15) is 33.1 Å². The molecule has 1 aliphatic carbocycles. The highest BCUT2D eigenvalue weighted by Gasteiger charge is 2.30. The van der Waals surface area contributed by atoms with Crippen molar-refractivity contribution in [2.45, 2.75) is 51.3 Å². The van der Waals surface area contributed by atoms with Gasteiger partial charge in [0, 0.05) is 18.7 Å². The lowest BCUT2D eigenvalue weighted by Crippen LogP contribution is -2.50. The maximum atomic E-state index is 8.97. The molecule has 1 saturated carbocycles. The van der Waals surface area contributed by atoms with Crippen molar-refractivity contribution in [1.29, 1.82) is 0 Å². The van der Waals surface area contributed by atoms with Crippen molar-refractivity contribution in [2.24, 2.45) is 0 Å². The van der Waals surface area contributed by atoms with Crippen molar-refractivity contribution >= 4 is 0 Å². The minimum atomic E-state index is 0.242. The van der Waals surface area contributed by atoms with E-state index in [1.807, 2.05) is 6.92 Å². The fraction of sp³-hybridized carbons (Fsp3) is 1.00. The zero-order valence-corrected chi connectivity index (χ0v) is 8.62. The fourth-order valence-corrected chi connectivity index (χ4v) is 1.71. The van der Waals surface area contributed by atoms with Gasteiger partial charge in [-0.25, -0.2) is 0 Å². The van der Waals surface area contributed by atoms with E-state index in [-0.39, 0.29) is 12.6 Å². The summed E-state index contributed by atoms with van der Waals surface area (Å²) in [5.41, 5.74) is 0. The van der Waals surface area contributed by atoms with Crippen molar-refractivity contribution in [3.8, 4) is 0 Å². The molecular weight excluding hydrogens is 166 g/mol. The quantitative estimate of drug-likeness (QED) is 0.649. The molecule has 1 fully saturated rings. The molecule has 0 heterocycles. The summed E-state index contributed by atoms with van der Waals surface area (Å²) in [7, 11) is 0. The number of aliphatic hydroxyl groups excluding tert-OH is 1. The first-order valence-electron chi connectivity index (χ1n) is 5.28. The zero-order valence-electron chi connectivity index (χ0n) is 8.62. The van der Waals surface area contributed by atoms with Crippen LogP contribution in [0.15, 0.2) is 0 Å². The average Bonchev–Trinajstić information content (AvgIpc) is 2.09. The van der Waals surface area contributed by atoms with Gasteiger partial charge in [0.05, 0.1) is 12.7 Å². The first-order valence-corrected chi connectivity index (χ1v) is 5.28.